The number of piperidine rings is 1. The lowest BCUT2D eigenvalue weighted by molar-refractivity contribution is -0.143. The Morgan fingerprint density at radius 2 is 1.85 bits per heavy atom. The molecule has 1 aromatic heterocycles. The van der Waals surface area contributed by atoms with Crippen molar-refractivity contribution in [1.82, 2.24) is 9.88 Å². The average molecular weight is 635 g/mol. The number of esters is 1. The van der Waals surface area contributed by atoms with Gasteiger partial charge in [0.1, 0.15) is 23.7 Å². The predicted octanol–water partition coefficient (Wildman–Crippen LogP) is 6.10. The molecule has 1 aliphatic heterocycles. The maximum atomic E-state index is 12.8. The first kappa shape index (κ1) is 31.8. The van der Waals surface area contributed by atoms with E-state index in [2.05, 4.69) is 35.3 Å². The van der Waals surface area contributed by atoms with Gasteiger partial charge in [0.15, 0.2) is 0 Å². The lowest BCUT2D eigenvalue weighted by Crippen LogP contribution is -2.44. The molecule has 6 rings (SSSR count). The molecule has 1 saturated heterocycles. The number of hydrogen-bond donors (Lipinski definition) is 1. The second-order valence-corrected chi connectivity index (χ2v) is 12.1. The molecule has 0 radical (unpaired) electrons. The first-order valence-corrected chi connectivity index (χ1v) is 15.8. The van der Waals surface area contributed by atoms with Crippen LogP contribution in [0, 0.1) is 11.3 Å². The molecule has 1 unspecified atom stereocenters. The number of carbonyl (C=O) groups is 2. The number of pyridine rings is 1. The van der Waals surface area contributed by atoms with Crippen LogP contribution in [0.3, 0.4) is 0 Å². The average Bonchev–Trinajstić information content (AvgIpc) is 3.38. The SMILES string of the molecule is COCCCOC(=O)Cc1cccc(C#N)c1OC1CC2(CCN(C(=O)OC)CC2)c2ccc(-c3cccc4c(N)nccc34)cc21. The number of ether oxygens (including phenoxy) is 4. The molecule has 2 N–H and O–H groups in total. The number of hydrogen-bond acceptors (Lipinski definition) is 9. The highest BCUT2D eigenvalue weighted by Gasteiger charge is 2.47. The monoisotopic (exact) mass is 634 g/mol. The number of amides is 1. The van der Waals surface area contributed by atoms with Crippen LogP contribution >= 0.6 is 0 Å². The van der Waals surface area contributed by atoms with Crippen LogP contribution in [0.25, 0.3) is 21.9 Å². The summed E-state index contributed by atoms with van der Waals surface area (Å²) >= 11 is 0. The van der Waals surface area contributed by atoms with Gasteiger partial charge >= 0.3 is 12.1 Å². The Bertz CT molecular complexity index is 1840. The molecule has 47 heavy (non-hydrogen) atoms. The van der Waals surface area contributed by atoms with Gasteiger partial charge in [-0.1, -0.05) is 42.5 Å². The summed E-state index contributed by atoms with van der Waals surface area (Å²) in [4.78, 5) is 31.1. The van der Waals surface area contributed by atoms with Crippen molar-refractivity contribution in [3.05, 3.63) is 89.1 Å². The molecule has 242 valence electrons. The van der Waals surface area contributed by atoms with Crippen molar-refractivity contribution in [3.63, 3.8) is 0 Å². The summed E-state index contributed by atoms with van der Waals surface area (Å²) < 4.78 is 22.3. The van der Waals surface area contributed by atoms with Crippen molar-refractivity contribution in [3.8, 4) is 22.9 Å². The highest BCUT2D eigenvalue weighted by Crippen LogP contribution is 2.53. The second kappa shape index (κ2) is 13.7. The van der Waals surface area contributed by atoms with Crippen molar-refractivity contribution >= 4 is 28.7 Å². The molecule has 3 aromatic carbocycles. The number of benzene rings is 3. The quantitative estimate of drug-likeness (QED) is 0.171. The maximum Gasteiger partial charge on any atom is 0.409 e. The zero-order valence-electron chi connectivity index (χ0n) is 26.7. The number of rotatable bonds is 9. The van der Waals surface area contributed by atoms with Crippen molar-refractivity contribution in [2.45, 2.75) is 43.6 Å². The molecule has 10 heteroatoms. The van der Waals surface area contributed by atoms with E-state index in [1.165, 1.54) is 12.7 Å². The zero-order valence-corrected chi connectivity index (χ0v) is 26.7. The van der Waals surface area contributed by atoms with Gasteiger partial charge in [-0.3, -0.25) is 4.79 Å². The number of carbonyl (C=O) groups excluding carboxylic acids is 2. The van der Waals surface area contributed by atoms with Crippen LogP contribution in [0.2, 0.25) is 0 Å². The Morgan fingerprint density at radius 3 is 2.62 bits per heavy atom. The number of likely N-dealkylation sites (tertiary alicyclic amines) is 1. The summed E-state index contributed by atoms with van der Waals surface area (Å²) in [6.45, 7) is 1.87. The number of nitrogens with zero attached hydrogens (tertiary/aromatic N) is 3. The van der Waals surface area contributed by atoms with Crippen molar-refractivity contribution in [1.29, 1.82) is 5.26 Å². The third-order valence-corrected chi connectivity index (χ3v) is 9.41. The van der Waals surface area contributed by atoms with Gasteiger partial charge in [0, 0.05) is 55.8 Å². The molecule has 4 aromatic rings. The van der Waals surface area contributed by atoms with Crippen molar-refractivity contribution in [2.75, 3.05) is 46.3 Å². The van der Waals surface area contributed by atoms with E-state index < -0.39 is 12.1 Å². The van der Waals surface area contributed by atoms with E-state index >= 15 is 0 Å². The fraction of sp³-hybridized carbons (Fsp3) is 0.351. The highest BCUT2D eigenvalue weighted by atomic mass is 16.5. The topological polar surface area (TPSA) is 137 Å². The number of para-hydroxylation sites is 1. The molecule has 10 nitrogen and oxygen atoms in total. The number of fused-ring (bicyclic) bond motifs is 3. The molecule has 1 aliphatic carbocycles. The fourth-order valence-corrected chi connectivity index (χ4v) is 7.05. The fourth-order valence-electron chi connectivity index (χ4n) is 7.05. The van der Waals surface area contributed by atoms with E-state index in [0.29, 0.717) is 55.2 Å². The van der Waals surface area contributed by atoms with E-state index in [1.807, 2.05) is 18.2 Å². The van der Waals surface area contributed by atoms with Gasteiger partial charge in [-0.25, -0.2) is 9.78 Å². The molecular formula is C37H38N4O6. The van der Waals surface area contributed by atoms with Gasteiger partial charge in [-0.15, -0.1) is 0 Å². The zero-order chi connectivity index (χ0) is 33.0. The number of nitriles is 1. The maximum absolute atomic E-state index is 12.8. The Kier molecular flexibility index (Phi) is 9.27. The molecule has 0 bridgehead atoms. The van der Waals surface area contributed by atoms with Gasteiger partial charge in [0.05, 0.1) is 25.7 Å². The van der Waals surface area contributed by atoms with Crippen LogP contribution < -0.4 is 10.5 Å². The highest BCUT2D eigenvalue weighted by molar-refractivity contribution is 6.01. The van der Waals surface area contributed by atoms with Crippen LogP contribution in [0.15, 0.2) is 66.9 Å². The molecule has 2 heterocycles. The summed E-state index contributed by atoms with van der Waals surface area (Å²) in [7, 11) is 3.00. The number of nitrogen functional groups attached to an aromatic ring is 1. The molecule has 1 amide bonds. The number of aromatic nitrogens is 1. The molecular weight excluding hydrogens is 596 g/mol. The summed E-state index contributed by atoms with van der Waals surface area (Å²) in [5, 5.41) is 12.0. The summed E-state index contributed by atoms with van der Waals surface area (Å²) in [5.74, 6) is 0.464. The minimum absolute atomic E-state index is 0.0256. The van der Waals surface area contributed by atoms with E-state index in [9.17, 15) is 14.9 Å². The molecule has 1 fully saturated rings. The van der Waals surface area contributed by atoms with Crippen LogP contribution in [0.4, 0.5) is 10.6 Å². The Labute approximate surface area is 274 Å². The third-order valence-electron chi connectivity index (χ3n) is 9.41. The van der Waals surface area contributed by atoms with Gasteiger partial charge in [0.25, 0.3) is 0 Å². The van der Waals surface area contributed by atoms with Crippen molar-refractivity contribution < 1.29 is 28.5 Å². The van der Waals surface area contributed by atoms with Gasteiger partial charge < -0.3 is 29.6 Å². The third kappa shape index (κ3) is 6.31. The van der Waals surface area contributed by atoms with E-state index in [1.54, 1.807) is 36.4 Å². The van der Waals surface area contributed by atoms with Crippen LogP contribution in [0.1, 0.15) is 54.0 Å². The van der Waals surface area contributed by atoms with E-state index in [0.717, 1.165) is 40.3 Å². The second-order valence-electron chi connectivity index (χ2n) is 12.1. The van der Waals surface area contributed by atoms with Crippen LogP contribution in [0.5, 0.6) is 5.75 Å². The number of methoxy groups -OCH3 is 2. The summed E-state index contributed by atoms with van der Waals surface area (Å²) in [5.41, 5.74) is 11.2. The van der Waals surface area contributed by atoms with E-state index in [4.69, 9.17) is 24.7 Å². The molecule has 1 atom stereocenters. The molecule has 1 spiro atoms. The van der Waals surface area contributed by atoms with Gasteiger partial charge in [-0.05, 0) is 65.1 Å². The minimum Gasteiger partial charge on any atom is -0.484 e. The normalized spacial score (nSPS) is 16.4. The Balaban J connectivity index is 1.38. The van der Waals surface area contributed by atoms with Gasteiger partial charge in [-0.2, -0.15) is 5.26 Å². The lowest BCUT2D eigenvalue weighted by atomic mass is 9.73. The van der Waals surface area contributed by atoms with E-state index in [-0.39, 0.29) is 24.5 Å². The predicted molar refractivity (Wildman–Crippen MR) is 177 cm³/mol. The largest absolute Gasteiger partial charge is 0.484 e. The number of nitrogens with two attached hydrogens (primary N) is 1. The molecule has 2 aliphatic rings. The lowest BCUT2D eigenvalue weighted by Gasteiger charge is -2.39. The minimum atomic E-state index is -0.401. The number of anilines is 1. The van der Waals surface area contributed by atoms with Crippen LogP contribution in [-0.4, -0.2) is 62.5 Å². The molecule has 0 saturated carbocycles. The summed E-state index contributed by atoms with van der Waals surface area (Å²) in [6, 6.07) is 22.0. The van der Waals surface area contributed by atoms with Crippen molar-refractivity contribution in [2.24, 2.45) is 0 Å². The standard InChI is InChI=1S/C37H38N4O6/c1-44-18-5-19-46-33(42)21-25-6-3-7-26(23-38)34(25)47-32-22-37(13-16-41(17-14-37)36(43)45-2)31-11-10-24(20-30(31)32)27-8-4-9-29-28(27)12-15-40-35(29)39/h3-4,6-12,15,20,32H,5,13-14,16-19,21-22H2,1-2H3,(H2,39,40). The first-order valence-electron chi connectivity index (χ1n) is 15.8. The Morgan fingerprint density at radius 1 is 1.04 bits per heavy atom. The van der Waals surface area contributed by atoms with Crippen LogP contribution in [-0.2, 0) is 30.8 Å². The summed E-state index contributed by atoms with van der Waals surface area (Å²) in [6.07, 6.45) is 3.70. The first-order chi connectivity index (χ1) is 22.9. The smallest absolute Gasteiger partial charge is 0.409 e. The van der Waals surface area contributed by atoms with Gasteiger partial charge in [0.2, 0.25) is 0 Å². The Hall–Kier alpha value is -5.14.